The van der Waals surface area contributed by atoms with Gasteiger partial charge in [0.25, 0.3) is 0 Å². The fraction of sp³-hybridized carbons (Fsp3) is 0.348. The molecule has 2 aliphatic heterocycles. The van der Waals surface area contributed by atoms with Crippen LogP contribution in [-0.2, 0) is 20.9 Å². The summed E-state index contributed by atoms with van der Waals surface area (Å²) >= 11 is 1.75. The summed E-state index contributed by atoms with van der Waals surface area (Å²) in [4.78, 5) is 41.6. The quantitative estimate of drug-likeness (QED) is 0.774. The zero-order valence-electron chi connectivity index (χ0n) is 16.8. The van der Waals surface area contributed by atoms with E-state index in [1.165, 1.54) is 0 Å². The highest BCUT2D eigenvalue weighted by Gasteiger charge is 2.23. The number of hydrogen-bond donors (Lipinski definition) is 1. The summed E-state index contributed by atoms with van der Waals surface area (Å²) in [7, 11) is 0. The lowest BCUT2D eigenvalue weighted by Gasteiger charge is -2.29. The Morgan fingerprint density at radius 3 is 2.73 bits per heavy atom. The molecular formula is C23H25N3O3S. The van der Waals surface area contributed by atoms with Crippen LogP contribution >= 0.6 is 11.8 Å². The molecule has 1 fully saturated rings. The largest absolute Gasteiger partial charge is 0.352 e. The molecule has 0 aromatic heterocycles. The summed E-state index contributed by atoms with van der Waals surface area (Å²) in [6, 6.07) is 15.6. The number of benzene rings is 2. The second-order valence-electron chi connectivity index (χ2n) is 7.46. The molecule has 0 saturated carbocycles. The Balaban J connectivity index is 1.28. The topological polar surface area (TPSA) is 69.7 Å². The second-order valence-corrected chi connectivity index (χ2v) is 8.59. The number of nitrogens with zero attached hydrogens (tertiary/aromatic N) is 2. The molecule has 0 atom stereocenters. The third-order valence-electron chi connectivity index (χ3n) is 5.38. The van der Waals surface area contributed by atoms with Gasteiger partial charge in [-0.15, -0.1) is 11.8 Å². The summed E-state index contributed by atoms with van der Waals surface area (Å²) in [5, 5.41) is 2.89. The minimum Gasteiger partial charge on any atom is -0.352 e. The third kappa shape index (κ3) is 4.67. The number of amides is 3. The normalized spacial score (nSPS) is 15.8. The van der Waals surface area contributed by atoms with E-state index in [-0.39, 0.29) is 30.6 Å². The highest BCUT2D eigenvalue weighted by Crippen LogP contribution is 2.34. The first-order chi connectivity index (χ1) is 14.6. The number of carbonyl (C=O) groups is 3. The zero-order chi connectivity index (χ0) is 20.9. The predicted octanol–water partition coefficient (Wildman–Crippen LogP) is 3.35. The lowest BCUT2D eigenvalue weighted by atomic mass is 10.1. The van der Waals surface area contributed by atoms with E-state index in [2.05, 4.69) is 5.32 Å². The van der Waals surface area contributed by atoms with Gasteiger partial charge >= 0.3 is 0 Å². The molecule has 0 bridgehead atoms. The van der Waals surface area contributed by atoms with Gasteiger partial charge in [-0.25, -0.2) is 0 Å². The molecule has 2 heterocycles. The molecular weight excluding hydrogens is 398 g/mol. The van der Waals surface area contributed by atoms with Crippen LogP contribution in [0.25, 0.3) is 0 Å². The zero-order valence-corrected chi connectivity index (χ0v) is 17.6. The molecule has 0 unspecified atom stereocenters. The highest BCUT2D eigenvalue weighted by atomic mass is 32.2. The van der Waals surface area contributed by atoms with Crippen LogP contribution in [-0.4, -0.2) is 36.6 Å². The van der Waals surface area contributed by atoms with Crippen LogP contribution in [0.5, 0.6) is 0 Å². The first-order valence-electron chi connectivity index (χ1n) is 10.3. The molecule has 2 aromatic rings. The molecule has 1 N–H and O–H groups in total. The van der Waals surface area contributed by atoms with E-state index in [1.54, 1.807) is 21.6 Å². The predicted molar refractivity (Wildman–Crippen MR) is 119 cm³/mol. The Hall–Kier alpha value is -2.80. The van der Waals surface area contributed by atoms with Crippen LogP contribution < -0.4 is 15.1 Å². The molecule has 0 aliphatic carbocycles. The third-order valence-corrected chi connectivity index (χ3v) is 6.42. The summed E-state index contributed by atoms with van der Waals surface area (Å²) in [6.45, 7) is 1.80. The van der Waals surface area contributed by atoms with Crippen molar-refractivity contribution >= 4 is 40.9 Å². The maximum absolute atomic E-state index is 12.7. The molecule has 4 rings (SSSR count). The van der Waals surface area contributed by atoms with Crippen molar-refractivity contribution in [3.8, 4) is 0 Å². The van der Waals surface area contributed by atoms with E-state index < -0.39 is 0 Å². The van der Waals surface area contributed by atoms with E-state index in [9.17, 15) is 14.4 Å². The molecule has 3 amide bonds. The number of rotatable bonds is 6. The number of nitrogens with one attached hydrogen (secondary N) is 1. The summed E-state index contributed by atoms with van der Waals surface area (Å²) in [5.74, 6) is 0.843. The van der Waals surface area contributed by atoms with Crippen LogP contribution in [0.2, 0.25) is 0 Å². The molecule has 6 nitrogen and oxygen atoms in total. The smallest absolute Gasteiger partial charge is 0.227 e. The van der Waals surface area contributed by atoms with Gasteiger partial charge in [0.2, 0.25) is 17.7 Å². The van der Waals surface area contributed by atoms with Crippen molar-refractivity contribution in [2.75, 3.05) is 28.6 Å². The molecule has 1 saturated heterocycles. The standard InChI is InChI=1S/C23H25N3O3S/c27-21(10-11-23(29)26-13-14-30-20-8-2-1-7-19(20)26)24-16-17-5-3-6-18(15-17)25-12-4-9-22(25)28/h1-3,5-8,15H,4,9-14,16H2,(H,24,27). The van der Waals surface area contributed by atoms with Crippen LogP contribution in [0.1, 0.15) is 31.2 Å². The summed E-state index contributed by atoms with van der Waals surface area (Å²) in [6.07, 6.45) is 1.82. The van der Waals surface area contributed by atoms with Crippen LogP contribution in [0.15, 0.2) is 53.4 Å². The molecule has 7 heteroatoms. The van der Waals surface area contributed by atoms with Gasteiger partial charge in [0.15, 0.2) is 0 Å². The maximum Gasteiger partial charge on any atom is 0.227 e. The molecule has 2 aromatic carbocycles. The molecule has 0 radical (unpaired) electrons. The number of para-hydroxylation sites is 1. The number of carbonyl (C=O) groups excluding carboxylic acids is 3. The van der Waals surface area contributed by atoms with Gasteiger partial charge in [-0.2, -0.15) is 0 Å². The lowest BCUT2D eigenvalue weighted by molar-refractivity contribution is -0.125. The van der Waals surface area contributed by atoms with Crippen molar-refractivity contribution in [3.63, 3.8) is 0 Å². The first kappa shape index (κ1) is 20.5. The molecule has 156 valence electrons. The number of hydrogen-bond acceptors (Lipinski definition) is 4. The molecule has 0 spiro atoms. The Kier molecular flexibility index (Phi) is 6.38. The van der Waals surface area contributed by atoms with E-state index in [0.29, 0.717) is 19.5 Å². The minimum atomic E-state index is -0.148. The number of anilines is 2. The average Bonchev–Trinajstić information content (AvgIpc) is 3.21. The van der Waals surface area contributed by atoms with Gasteiger partial charge in [0.05, 0.1) is 5.69 Å². The Morgan fingerprint density at radius 2 is 1.90 bits per heavy atom. The Morgan fingerprint density at radius 1 is 1.03 bits per heavy atom. The van der Waals surface area contributed by atoms with Gasteiger partial charge in [0.1, 0.15) is 0 Å². The van der Waals surface area contributed by atoms with Crippen LogP contribution in [0, 0.1) is 0 Å². The number of fused-ring (bicyclic) bond motifs is 1. The fourth-order valence-corrected chi connectivity index (χ4v) is 4.82. The molecule has 30 heavy (non-hydrogen) atoms. The van der Waals surface area contributed by atoms with Crippen molar-refractivity contribution in [1.82, 2.24) is 5.32 Å². The fourth-order valence-electron chi connectivity index (χ4n) is 3.83. The molecule has 2 aliphatic rings. The maximum atomic E-state index is 12.7. The van der Waals surface area contributed by atoms with Gasteiger partial charge < -0.3 is 15.1 Å². The van der Waals surface area contributed by atoms with E-state index >= 15 is 0 Å². The SMILES string of the molecule is O=C(CCC(=O)N1CCSc2ccccc21)NCc1cccc(N2CCCC2=O)c1. The first-order valence-corrected chi connectivity index (χ1v) is 11.3. The summed E-state index contributed by atoms with van der Waals surface area (Å²) < 4.78 is 0. The van der Waals surface area contributed by atoms with Gasteiger partial charge in [0, 0.05) is 55.2 Å². The average molecular weight is 424 g/mol. The van der Waals surface area contributed by atoms with Crippen LogP contribution in [0.4, 0.5) is 11.4 Å². The van der Waals surface area contributed by atoms with Crippen molar-refractivity contribution in [2.45, 2.75) is 37.1 Å². The van der Waals surface area contributed by atoms with Crippen molar-refractivity contribution < 1.29 is 14.4 Å². The van der Waals surface area contributed by atoms with E-state index in [1.807, 2.05) is 48.5 Å². The van der Waals surface area contributed by atoms with E-state index in [0.717, 1.165) is 40.6 Å². The second kappa shape index (κ2) is 9.34. The number of thioether (sulfide) groups is 1. The van der Waals surface area contributed by atoms with Crippen LogP contribution in [0.3, 0.4) is 0 Å². The van der Waals surface area contributed by atoms with Gasteiger partial charge in [-0.1, -0.05) is 24.3 Å². The van der Waals surface area contributed by atoms with Crippen molar-refractivity contribution in [1.29, 1.82) is 0 Å². The van der Waals surface area contributed by atoms with Crippen molar-refractivity contribution in [2.24, 2.45) is 0 Å². The Labute approximate surface area is 180 Å². The van der Waals surface area contributed by atoms with Crippen molar-refractivity contribution in [3.05, 3.63) is 54.1 Å². The Bertz CT molecular complexity index is 962. The lowest BCUT2D eigenvalue weighted by Crippen LogP contribution is -2.36. The monoisotopic (exact) mass is 423 g/mol. The van der Waals surface area contributed by atoms with Gasteiger partial charge in [-0.3, -0.25) is 14.4 Å². The van der Waals surface area contributed by atoms with E-state index in [4.69, 9.17) is 0 Å². The van der Waals surface area contributed by atoms with Gasteiger partial charge in [-0.05, 0) is 36.2 Å². The minimum absolute atomic E-state index is 0.0209. The summed E-state index contributed by atoms with van der Waals surface area (Å²) in [5.41, 5.74) is 2.75. The highest BCUT2D eigenvalue weighted by molar-refractivity contribution is 7.99.